The van der Waals surface area contributed by atoms with Crippen LogP contribution >= 0.6 is 0 Å². The topological polar surface area (TPSA) is 35.5 Å². The monoisotopic (exact) mass is 224 g/mol. The third-order valence-corrected chi connectivity index (χ3v) is 1.70. The van der Waals surface area contributed by atoms with Gasteiger partial charge < -0.3 is 9.47 Å². The molecule has 0 N–H and O–H groups in total. The maximum atomic E-state index is 10.8. The lowest BCUT2D eigenvalue weighted by atomic mass is 10.4. The molecule has 16 heavy (non-hydrogen) atoms. The molecule has 1 atom stereocenters. The van der Waals surface area contributed by atoms with Crippen LogP contribution in [0.2, 0.25) is 0 Å². The molecule has 0 radical (unpaired) electrons. The molecular formula is C13H20O3. The summed E-state index contributed by atoms with van der Waals surface area (Å²) in [7, 11) is 0. The molecule has 0 aromatic heterocycles. The predicted molar refractivity (Wildman–Crippen MR) is 64.2 cm³/mol. The summed E-state index contributed by atoms with van der Waals surface area (Å²) in [5.41, 5.74) is 0. The number of carbonyl (C=O) groups is 1. The summed E-state index contributed by atoms with van der Waals surface area (Å²) in [6.07, 6.45) is -0.426. The second kappa shape index (κ2) is 10.2. The van der Waals surface area contributed by atoms with E-state index < -0.39 is 6.10 Å². The Kier molecular flexibility index (Phi) is 9.32. The fraction of sp³-hybridized carbons (Fsp3) is 0.462. The highest BCUT2D eigenvalue weighted by Gasteiger charge is 2.12. The smallest absolute Gasteiger partial charge is 0.334 e. The molecule has 0 bridgehead atoms. The van der Waals surface area contributed by atoms with Crippen LogP contribution in [0.1, 0.15) is 20.8 Å². The molecule has 0 saturated carbocycles. The summed E-state index contributed by atoms with van der Waals surface area (Å²) in [6, 6.07) is 12.0. The first kappa shape index (κ1) is 14.6. The summed E-state index contributed by atoms with van der Waals surface area (Å²) in [6.45, 7) is 6.25. The van der Waals surface area contributed by atoms with Crippen molar-refractivity contribution in [1.82, 2.24) is 0 Å². The van der Waals surface area contributed by atoms with Crippen LogP contribution in [0.25, 0.3) is 0 Å². The number of esters is 1. The van der Waals surface area contributed by atoms with Crippen LogP contribution in [0.4, 0.5) is 0 Å². The summed E-state index contributed by atoms with van der Waals surface area (Å²) >= 11 is 0. The molecule has 0 spiro atoms. The van der Waals surface area contributed by atoms with Gasteiger partial charge >= 0.3 is 5.97 Å². The molecule has 1 aromatic carbocycles. The first-order chi connectivity index (χ1) is 7.72. The van der Waals surface area contributed by atoms with Gasteiger partial charge in [-0.3, -0.25) is 0 Å². The van der Waals surface area contributed by atoms with Gasteiger partial charge in [0.25, 0.3) is 0 Å². The van der Waals surface area contributed by atoms with Crippen LogP contribution in [0.3, 0.4) is 0 Å². The average Bonchev–Trinajstić information content (AvgIpc) is 2.33. The molecule has 0 amide bonds. The van der Waals surface area contributed by atoms with Crippen LogP contribution in [-0.2, 0) is 14.3 Å². The molecule has 0 saturated heterocycles. The van der Waals surface area contributed by atoms with Crippen molar-refractivity contribution in [2.24, 2.45) is 0 Å². The highest BCUT2D eigenvalue weighted by Crippen LogP contribution is 1.93. The van der Waals surface area contributed by atoms with Crippen molar-refractivity contribution in [2.75, 3.05) is 13.2 Å². The van der Waals surface area contributed by atoms with Crippen LogP contribution in [0.15, 0.2) is 36.4 Å². The minimum Gasteiger partial charge on any atom is -0.464 e. The van der Waals surface area contributed by atoms with Gasteiger partial charge in [0.1, 0.15) is 0 Å². The number of rotatable bonds is 4. The fourth-order valence-corrected chi connectivity index (χ4v) is 0.963. The normalized spacial score (nSPS) is 10.9. The number of carbonyl (C=O) groups excluding carboxylic acids is 1. The lowest BCUT2D eigenvalue weighted by Gasteiger charge is -2.08. The van der Waals surface area contributed by atoms with E-state index in [1.54, 1.807) is 13.8 Å². The number of ether oxygens (including phenoxy) is 2. The van der Waals surface area contributed by atoms with Gasteiger partial charge in [0.05, 0.1) is 6.61 Å². The maximum absolute atomic E-state index is 10.8. The molecule has 1 rings (SSSR count). The summed E-state index contributed by atoms with van der Waals surface area (Å²) in [5.74, 6) is -0.288. The van der Waals surface area contributed by atoms with Crippen molar-refractivity contribution < 1.29 is 14.3 Å². The quantitative estimate of drug-likeness (QED) is 0.738. The molecule has 90 valence electrons. The first-order valence-corrected chi connectivity index (χ1v) is 5.50. The van der Waals surface area contributed by atoms with Crippen molar-refractivity contribution in [1.29, 1.82) is 0 Å². The summed E-state index contributed by atoms with van der Waals surface area (Å²) < 4.78 is 9.67. The molecule has 3 heteroatoms. The van der Waals surface area contributed by atoms with Gasteiger partial charge in [-0.1, -0.05) is 36.4 Å². The van der Waals surface area contributed by atoms with Gasteiger partial charge in [0, 0.05) is 6.61 Å². The molecule has 0 aliphatic rings. The van der Waals surface area contributed by atoms with Crippen molar-refractivity contribution >= 4 is 5.97 Å². The third kappa shape index (κ3) is 8.00. The molecule has 0 aliphatic carbocycles. The lowest BCUT2D eigenvalue weighted by Crippen LogP contribution is -2.23. The lowest BCUT2D eigenvalue weighted by molar-refractivity contribution is -0.155. The molecular weight excluding hydrogens is 204 g/mol. The van der Waals surface area contributed by atoms with Crippen LogP contribution in [0.5, 0.6) is 0 Å². The van der Waals surface area contributed by atoms with Gasteiger partial charge in [-0.2, -0.15) is 0 Å². The largest absolute Gasteiger partial charge is 0.464 e. The molecule has 1 aromatic rings. The summed E-state index contributed by atoms with van der Waals surface area (Å²) in [5, 5.41) is 0. The zero-order valence-corrected chi connectivity index (χ0v) is 10.2. The highest BCUT2D eigenvalue weighted by molar-refractivity contribution is 5.74. The fourth-order valence-electron chi connectivity index (χ4n) is 0.963. The van der Waals surface area contributed by atoms with E-state index >= 15 is 0 Å². The minimum atomic E-state index is -0.426. The van der Waals surface area contributed by atoms with E-state index in [4.69, 9.17) is 9.47 Å². The van der Waals surface area contributed by atoms with Crippen LogP contribution < -0.4 is 0 Å². The Balaban J connectivity index is 0.000000315. The third-order valence-electron chi connectivity index (χ3n) is 1.70. The second-order valence-electron chi connectivity index (χ2n) is 3.00. The molecule has 1 unspecified atom stereocenters. The van der Waals surface area contributed by atoms with Gasteiger partial charge in [-0.25, -0.2) is 4.79 Å². The van der Waals surface area contributed by atoms with Crippen molar-refractivity contribution in [3.05, 3.63) is 36.4 Å². The Morgan fingerprint density at radius 2 is 1.44 bits per heavy atom. The van der Waals surface area contributed by atoms with E-state index in [0.717, 1.165) is 0 Å². The van der Waals surface area contributed by atoms with E-state index in [-0.39, 0.29) is 5.97 Å². The zero-order valence-electron chi connectivity index (χ0n) is 10.2. The number of hydrogen-bond acceptors (Lipinski definition) is 3. The van der Waals surface area contributed by atoms with Crippen LogP contribution in [-0.4, -0.2) is 25.3 Å². The molecule has 0 fully saturated rings. The maximum Gasteiger partial charge on any atom is 0.334 e. The number of hydrogen-bond donors (Lipinski definition) is 0. The van der Waals surface area contributed by atoms with E-state index in [9.17, 15) is 4.79 Å². The Morgan fingerprint density at radius 1 is 1.00 bits per heavy atom. The van der Waals surface area contributed by atoms with E-state index in [1.807, 2.05) is 43.3 Å². The Hall–Kier alpha value is -1.35. The second-order valence-corrected chi connectivity index (χ2v) is 3.00. The predicted octanol–water partition coefficient (Wildman–Crippen LogP) is 2.66. The Labute approximate surface area is 97.4 Å². The van der Waals surface area contributed by atoms with Gasteiger partial charge in [0.2, 0.25) is 0 Å². The molecule has 0 heterocycles. The Morgan fingerprint density at radius 3 is 1.75 bits per heavy atom. The van der Waals surface area contributed by atoms with Gasteiger partial charge in [-0.15, -0.1) is 0 Å². The zero-order chi connectivity index (χ0) is 12.2. The SMILES string of the molecule is CCOC(=O)C(C)OCC.c1ccccc1. The first-order valence-electron chi connectivity index (χ1n) is 5.50. The van der Waals surface area contributed by atoms with E-state index in [0.29, 0.717) is 13.2 Å². The van der Waals surface area contributed by atoms with Crippen LogP contribution in [0, 0.1) is 0 Å². The molecule has 0 aliphatic heterocycles. The van der Waals surface area contributed by atoms with Gasteiger partial charge in [-0.05, 0) is 20.8 Å². The highest BCUT2D eigenvalue weighted by atomic mass is 16.6. The number of benzene rings is 1. The van der Waals surface area contributed by atoms with Gasteiger partial charge in [0.15, 0.2) is 6.10 Å². The van der Waals surface area contributed by atoms with Crippen molar-refractivity contribution in [3.63, 3.8) is 0 Å². The van der Waals surface area contributed by atoms with E-state index in [1.165, 1.54) is 0 Å². The molecule has 3 nitrogen and oxygen atoms in total. The minimum absolute atomic E-state index is 0.288. The summed E-state index contributed by atoms with van der Waals surface area (Å²) in [4.78, 5) is 10.8. The van der Waals surface area contributed by atoms with Crippen molar-refractivity contribution in [3.8, 4) is 0 Å². The van der Waals surface area contributed by atoms with E-state index in [2.05, 4.69) is 0 Å². The Bertz CT molecular complexity index is 232. The standard InChI is InChI=1S/C7H14O3.C6H6/c1-4-9-6(3)7(8)10-5-2;1-2-4-6-5-3-1/h6H,4-5H2,1-3H3;1-6H. The average molecular weight is 224 g/mol. The van der Waals surface area contributed by atoms with Crippen molar-refractivity contribution in [2.45, 2.75) is 26.9 Å².